The second kappa shape index (κ2) is 41.1. The highest BCUT2D eigenvalue weighted by molar-refractivity contribution is 7.14. The zero-order valence-corrected chi connectivity index (χ0v) is 70.3. The van der Waals surface area contributed by atoms with Gasteiger partial charge in [-0.2, -0.15) is 0 Å². The van der Waals surface area contributed by atoms with Crippen LogP contribution in [0.4, 0.5) is 0 Å². The van der Waals surface area contributed by atoms with Gasteiger partial charge in [-0.1, -0.05) is 103 Å². The van der Waals surface area contributed by atoms with E-state index >= 15 is 0 Å². The number of fused-ring (bicyclic) bond motifs is 1. The summed E-state index contributed by atoms with van der Waals surface area (Å²) in [4.78, 5) is 109. The number of carbonyl (C=O) groups is 7. The van der Waals surface area contributed by atoms with Gasteiger partial charge in [0, 0.05) is 81.9 Å². The molecule has 8 aromatic rings. The number of hydrogen-bond acceptors (Lipinski definition) is 19. The number of esters is 3. The molecule has 0 aliphatic heterocycles. The molecule has 4 heterocycles. The Morgan fingerprint density at radius 2 is 0.829 bits per heavy atom. The molecular weight excluding hydrogens is 1480 g/mol. The first kappa shape index (κ1) is 88.5. The van der Waals surface area contributed by atoms with Crippen molar-refractivity contribution in [3.05, 3.63) is 161 Å². The standard InChI is InChI=1S/C26H24N2O3S.C22H28N2O3S.C16H19N3OS.C12H23NO2.C11H21NO2.ClH/c1-28(26(30)24-25(32-16-27-24)18-6-3-2-4-7-18)21(17-10-11-17)12-13-22(29)19-8-5-9-23-20(19)14-15-31-23;1-22(2,3)27-18(25)13-12-17(15-10-11-15)24(4)21(26)19-20(28-14-23-19)16-8-6-5-7-9-16;1-19(13(9-17)11-7-8-11)16(20)14-15(21-10-18-14)12-5-3-2-4-6-12;1-12(2,3)15-11(14)8-7-10(13-4)9-5-6-9;1-11(2,3)14-10(13)7-6-9(12)8-4-5-8;/h2-9,14-17,21H,10-13H2,1H3;5-9,14-15,17H,10-13H2,1-4H3;2-6,10-11,13H,7-9,17H2,1H3;9-10,13H,5-8H2,1-4H3;8-9H,4-7,12H2,1-3H3;1H. The molecule has 0 spiro atoms. The van der Waals surface area contributed by atoms with Crippen molar-refractivity contribution in [2.45, 2.75) is 225 Å². The molecule has 3 amide bonds. The molecule has 6 N–H and O–H groups in total. The van der Waals surface area contributed by atoms with Crippen LogP contribution in [0.1, 0.15) is 220 Å². The van der Waals surface area contributed by atoms with Crippen LogP contribution in [0.5, 0.6) is 0 Å². The number of thiazole rings is 3. The number of benzene rings is 4. The summed E-state index contributed by atoms with van der Waals surface area (Å²) in [6.45, 7) is 17.7. The zero-order chi connectivity index (χ0) is 79.5. The minimum atomic E-state index is -0.487. The molecule has 5 unspecified atom stereocenters. The van der Waals surface area contributed by atoms with Gasteiger partial charge in [0.25, 0.3) is 17.7 Å². The molecule has 13 rings (SSSR count). The van der Waals surface area contributed by atoms with Crippen molar-refractivity contribution in [2.24, 2.45) is 35.3 Å². The maximum Gasteiger partial charge on any atom is 0.306 e. The summed E-state index contributed by atoms with van der Waals surface area (Å²) in [7, 11) is 7.53. The SMILES string of the molecule is CC(C)(C)OC(=O)CCC(N)C1CC1.CN(C(=O)c1ncsc1-c1ccccc1)C(CCC(=O)OC(C)(C)C)C1CC1.CN(C(=O)c1ncsc1-c1ccccc1)C(CCC(=O)c1cccc2occc12)C1CC1.CN(C(=O)c1ncsc1-c1ccccc1)C(C[NH3+])C1CC1.CNC(CCC(=O)OC(C)(C)C)C1CC1.[Cl-]. The third kappa shape index (κ3) is 27.7. The molecule has 4 aromatic carbocycles. The molecule has 5 fully saturated rings. The lowest BCUT2D eigenvalue weighted by molar-refractivity contribution is -0.377. The summed E-state index contributed by atoms with van der Waals surface area (Å²) >= 11 is 4.47. The number of rotatable bonds is 29. The van der Waals surface area contributed by atoms with Crippen LogP contribution < -0.4 is 29.2 Å². The topological polar surface area (TPSA) is 274 Å². The highest BCUT2D eigenvalue weighted by Gasteiger charge is 2.41. The highest BCUT2D eigenvalue weighted by Crippen LogP contribution is 2.42. The molecule has 0 bridgehead atoms. The van der Waals surface area contributed by atoms with Crippen LogP contribution in [-0.2, 0) is 28.6 Å². The third-order valence-corrected chi connectivity index (χ3v) is 22.8. The second-order valence-corrected chi connectivity index (χ2v) is 35.2. The number of carbonyl (C=O) groups excluding carboxylic acids is 7. The smallest absolute Gasteiger partial charge is 0.306 e. The van der Waals surface area contributed by atoms with Gasteiger partial charge in [0.05, 0.1) is 50.0 Å². The largest absolute Gasteiger partial charge is 1.00 e. The second-order valence-electron chi connectivity index (χ2n) is 32.6. The van der Waals surface area contributed by atoms with Crippen molar-refractivity contribution in [1.29, 1.82) is 0 Å². The summed E-state index contributed by atoms with van der Waals surface area (Å²) in [5.74, 6) is 2.49. The van der Waals surface area contributed by atoms with E-state index in [1.807, 2.05) is 216 Å². The van der Waals surface area contributed by atoms with Gasteiger partial charge in [0.1, 0.15) is 39.5 Å². The summed E-state index contributed by atoms with van der Waals surface area (Å²) in [5.41, 5.74) is 19.9. The number of halogens is 1. The molecule has 5 aliphatic carbocycles. The van der Waals surface area contributed by atoms with Crippen LogP contribution in [0.15, 0.2) is 142 Å². The molecule has 5 aliphatic rings. The number of Topliss-reactive ketones (excluding diaryl/α,β-unsaturated/α-hetero) is 1. The van der Waals surface area contributed by atoms with Crippen LogP contribution in [0.3, 0.4) is 0 Å². The Bertz CT molecular complexity index is 4280. The van der Waals surface area contributed by atoms with Crippen molar-refractivity contribution >= 4 is 86.4 Å². The number of nitrogens with one attached hydrogen (secondary N) is 1. The fraction of sp³-hybridized carbons (Fsp3) is 0.517. The Balaban J connectivity index is 0.000000180. The van der Waals surface area contributed by atoms with Gasteiger partial charge in [0.2, 0.25) is 0 Å². The van der Waals surface area contributed by atoms with E-state index in [1.54, 1.807) is 27.7 Å². The first-order valence-corrected chi connectivity index (χ1v) is 41.7. The number of hydrogen-bond donors (Lipinski definition) is 3. The van der Waals surface area contributed by atoms with Gasteiger partial charge in [-0.3, -0.25) is 33.6 Å². The fourth-order valence-electron chi connectivity index (χ4n) is 13.7. The van der Waals surface area contributed by atoms with E-state index in [0.29, 0.717) is 90.9 Å². The fourth-order valence-corrected chi connectivity index (χ4v) is 16.1. The maximum absolute atomic E-state index is 13.4. The Morgan fingerprint density at radius 1 is 0.477 bits per heavy atom. The van der Waals surface area contributed by atoms with Crippen molar-refractivity contribution in [3.8, 4) is 31.3 Å². The summed E-state index contributed by atoms with van der Waals surface area (Å²) in [6.07, 6.45) is 18.1. The van der Waals surface area contributed by atoms with E-state index in [2.05, 4.69) is 26.0 Å². The Morgan fingerprint density at radius 3 is 1.19 bits per heavy atom. The monoisotopic (exact) mass is 1590 g/mol. The Labute approximate surface area is 674 Å². The lowest BCUT2D eigenvalue weighted by atomic mass is 9.97. The van der Waals surface area contributed by atoms with E-state index < -0.39 is 5.60 Å². The van der Waals surface area contributed by atoms with Gasteiger partial charge < -0.3 is 62.5 Å². The lowest BCUT2D eigenvalue weighted by Crippen LogP contribution is -3.00. The minimum Gasteiger partial charge on any atom is -1.00 e. The molecule has 0 radical (unpaired) electrons. The Kier molecular flexibility index (Phi) is 32.8. The van der Waals surface area contributed by atoms with Gasteiger partial charge >= 0.3 is 17.9 Å². The molecule has 111 heavy (non-hydrogen) atoms. The summed E-state index contributed by atoms with van der Waals surface area (Å²) in [6, 6.07) is 38.1. The number of amides is 3. The molecule has 20 nitrogen and oxygen atoms in total. The number of furan rings is 1. The third-order valence-electron chi connectivity index (χ3n) is 20.2. The first-order chi connectivity index (χ1) is 52.4. The predicted molar refractivity (Wildman–Crippen MR) is 438 cm³/mol. The maximum atomic E-state index is 13.4. The number of ether oxygens (including phenoxy) is 3. The van der Waals surface area contributed by atoms with Gasteiger partial charge in [-0.05, 0) is 218 Å². The van der Waals surface area contributed by atoms with Crippen LogP contribution in [-0.4, -0.2) is 153 Å². The molecule has 600 valence electrons. The average Bonchev–Trinajstić information content (AvgIpc) is 1.70. The number of aromatic nitrogens is 3. The van der Waals surface area contributed by atoms with E-state index in [9.17, 15) is 33.6 Å². The van der Waals surface area contributed by atoms with Crippen molar-refractivity contribution < 1.29 is 70.3 Å². The van der Waals surface area contributed by atoms with Gasteiger partial charge in [0.15, 0.2) is 5.78 Å². The lowest BCUT2D eigenvalue weighted by Gasteiger charge is -2.28. The van der Waals surface area contributed by atoms with Crippen molar-refractivity contribution in [3.63, 3.8) is 0 Å². The molecule has 5 saturated carbocycles. The number of nitrogens with zero attached hydrogens (tertiary/aromatic N) is 6. The minimum absolute atomic E-state index is 0. The van der Waals surface area contributed by atoms with E-state index in [4.69, 9.17) is 24.4 Å². The number of nitrogens with two attached hydrogens (primary N) is 1. The van der Waals surface area contributed by atoms with Crippen LogP contribution in [0.25, 0.3) is 42.3 Å². The first-order valence-electron chi connectivity index (χ1n) is 39.1. The van der Waals surface area contributed by atoms with Crippen molar-refractivity contribution in [2.75, 3.05) is 34.7 Å². The van der Waals surface area contributed by atoms with E-state index in [-0.39, 0.29) is 89.2 Å². The number of likely N-dealkylation sites (N-methyl/N-ethyl adjacent to an activating group) is 1. The number of ketones is 1. The van der Waals surface area contributed by atoms with E-state index in [0.717, 1.165) is 93.3 Å². The average molecular weight is 1600 g/mol. The zero-order valence-electron chi connectivity index (χ0n) is 67.0. The Hall–Kier alpha value is -8.03. The molecule has 5 atom stereocenters. The van der Waals surface area contributed by atoms with Crippen molar-refractivity contribution in [1.82, 2.24) is 35.0 Å². The van der Waals surface area contributed by atoms with E-state index in [1.165, 1.54) is 72.5 Å². The van der Waals surface area contributed by atoms with Crippen LogP contribution in [0.2, 0.25) is 0 Å². The highest BCUT2D eigenvalue weighted by atomic mass is 35.5. The van der Waals surface area contributed by atoms with Gasteiger partial charge in [-0.25, -0.2) is 15.0 Å². The molecule has 24 heteroatoms. The number of quaternary nitrogens is 1. The molecular formula is C87H116ClN9O11S3. The quantitative estimate of drug-likeness (QED) is 0.0223. The van der Waals surface area contributed by atoms with Gasteiger partial charge in [-0.15, -0.1) is 34.0 Å². The summed E-state index contributed by atoms with van der Waals surface area (Å²) in [5, 5.41) is 4.12. The molecule has 4 aromatic heterocycles. The van der Waals surface area contributed by atoms with Crippen LogP contribution >= 0.6 is 34.0 Å². The summed E-state index contributed by atoms with van der Waals surface area (Å²) < 4.78 is 21.3. The molecule has 0 saturated heterocycles. The predicted octanol–water partition coefficient (Wildman–Crippen LogP) is 13.7. The van der Waals surface area contributed by atoms with Crippen LogP contribution in [0, 0.1) is 29.6 Å². The normalized spacial score (nSPS) is 15.9.